The minimum atomic E-state index is -0.703. The molecule has 8 nitrogen and oxygen atoms in total. The zero-order valence-electron chi connectivity index (χ0n) is 12.7. The number of amides is 1. The van der Waals surface area contributed by atoms with Crippen molar-refractivity contribution >= 4 is 27.8 Å². The summed E-state index contributed by atoms with van der Waals surface area (Å²) >= 11 is 3.39. The largest absolute Gasteiger partial charge is 0.490 e. The lowest BCUT2D eigenvalue weighted by Crippen LogP contribution is -2.38. The summed E-state index contributed by atoms with van der Waals surface area (Å²) in [6, 6.07) is 7.90. The summed E-state index contributed by atoms with van der Waals surface area (Å²) in [6.07, 6.45) is 1.16. The molecule has 0 spiro atoms. The standard InChI is InChI=1S/C14H16BrN5O3/c1-14(2,10-3-5-11(15)6-4-10)8-16-12(21)7-19-9-17-13(18-19)20(22)23/h3-6,9H,7-8H2,1-2H3,(H,16,21). The summed E-state index contributed by atoms with van der Waals surface area (Å²) in [6.45, 7) is 4.37. The Morgan fingerprint density at radius 2 is 2.04 bits per heavy atom. The van der Waals surface area contributed by atoms with Crippen molar-refractivity contribution in [1.29, 1.82) is 0 Å². The first-order chi connectivity index (χ1) is 10.8. The fourth-order valence-electron chi connectivity index (χ4n) is 1.97. The van der Waals surface area contributed by atoms with Gasteiger partial charge in [0.05, 0.1) is 0 Å². The molecule has 0 fully saturated rings. The fourth-order valence-corrected chi connectivity index (χ4v) is 2.23. The Hall–Kier alpha value is -2.29. The minimum absolute atomic E-state index is 0.114. The zero-order valence-corrected chi connectivity index (χ0v) is 14.3. The molecule has 0 aliphatic heterocycles. The second-order valence-corrected chi connectivity index (χ2v) is 6.58. The molecule has 1 amide bonds. The lowest BCUT2D eigenvalue weighted by molar-refractivity contribution is -0.394. The first kappa shape index (κ1) is 17.1. The lowest BCUT2D eigenvalue weighted by atomic mass is 9.84. The van der Waals surface area contributed by atoms with Gasteiger partial charge in [-0.25, -0.2) is 0 Å². The summed E-state index contributed by atoms with van der Waals surface area (Å²) < 4.78 is 2.13. The highest BCUT2D eigenvalue weighted by Gasteiger charge is 2.22. The average Bonchev–Trinajstić information content (AvgIpc) is 2.94. The zero-order chi connectivity index (χ0) is 17.0. The van der Waals surface area contributed by atoms with Crippen LogP contribution in [-0.2, 0) is 16.8 Å². The summed E-state index contributed by atoms with van der Waals surface area (Å²) in [5.74, 6) is -0.803. The molecule has 2 aromatic rings. The number of carbonyl (C=O) groups is 1. The predicted molar refractivity (Wildman–Crippen MR) is 86.9 cm³/mol. The van der Waals surface area contributed by atoms with Crippen LogP contribution in [0, 0.1) is 10.1 Å². The van der Waals surface area contributed by atoms with Gasteiger partial charge in [-0.1, -0.05) is 46.9 Å². The Labute approximate surface area is 141 Å². The maximum atomic E-state index is 11.9. The summed E-state index contributed by atoms with van der Waals surface area (Å²) in [4.78, 5) is 25.2. The number of aromatic nitrogens is 3. The molecular formula is C14H16BrN5O3. The predicted octanol–water partition coefficient (Wildman–Crippen LogP) is 2.04. The van der Waals surface area contributed by atoms with E-state index in [2.05, 4.69) is 31.3 Å². The van der Waals surface area contributed by atoms with Gasteiger partial charge in [0.25, 0.3) is 0 Å². The van der Waals surface area contributed by atoms with Crippen molar-refractivity contribution in [2.75, 3.05) is 6.54 Å². The lowest BCUT2D eigenvalue weighted by Gasteiger charge is -2.25. The van der Waals surface area contributed by atoms with Crippen LogP contribution in [0.25, 0.3) is 0 Å². The van der Waals surface area contributed by atoms with Crippen molar-refractivity contribution in [1.82, 2.24) is 20.1 Å². The van der Waals surface area contributed by atoms with Gasteiger partial charge in [0.2, 0.25) is 12.2 Å². The molecule has 0 radical (unpaired) electrons. The molecule has 1 N–H and O–H groups in total. The van der Waals surface area contributed by atoms with Crippen LogP contribution in [0.15, 0.2) is 35.1 Å². The van der Waals surface area contributed by atoms with Crippen molar-refractivity contribution < 1.29 is 9.72 Å². The molecule has 0 bridgehead atoms. The van der Waals surface area contributed by atoms with Gasteiger partial charge in [0.15, 0.2) is 0 Å². The number of nitrogens with one attached hydrogen (secondary N) is 1. The first-order valence-electron chi connectivity index (χ1n) is 6.84. The number of hydrogen-bond donors (Lipinski definition) is 1. The summed E-state index contributed by atoms with van der Waals surface area (Å²) in [5, 5.41) is 16.9. The molecular weight excluding hydrogens is 366 g/mol. The third-order valence-corrected chi connectivity index (χ3v) is 3.88. The van der Waals surface area contributed by atoms with E-state index in [4.69, 9.17) is 0 Å². The molecule has 1 aromatic heterocycles. The van der Waals surface area contributed by atoms with E-state index >= 15 is 0 Å². The minimum Gasteiger partial charge on any atom is -0.390 e. The van der Waals surface area contributed by atoms with Gasteiger partial charge in [0.1, 0.15) is 6.54 Å². The van der Waals surface area contributed by atoms with Gasteiger partial charge < -0.3 is 15.4 Å². The molecule has 2 rings (SSSR count). The molecule has 9 heteroatoms. The molecule has 0 saturated carbocycles. The second kappa shape index (κ2) is 6.86. The van der Waals surface area contributed by atoms with E-state index < -0.39 is 10.9 Å². The molecule has 1 aromatic carbocycles. The van der Waals surface area contributed by atoms with Crippen LogP contribution >= 0.6 is 15.9 Å². The molecule has 122 valence electrons. The third-order valence-electron chi connectivity index (χ3n) is 3.35. The molecule has 23 heavy (non-hydrogen) atoms. The van der Waals surface area contributed by atoms with Crippen molar-refractivity contribution in [2.24, 2.45) is 0 Å². The normalized spacial score (nSPS) is 11.3. The van der Waals surface area contributed by atoms with Gasteiger partial charge in [-0.3, -0.25) is 4.79 Å². The van der Waals surface area contributed by atoms with Crippen LogP contribution < -0.4 is 5.32 Å². The molecule has 1 heterocycles. The van der Waals surface area contributed by atoms with Crippen molar-refractivity contribution in [3.63, 3.8) is 0 Å². The molecule has 0 atom stereocenters. The van der Waals surface area contributed by atoms with Crippen molar-refractivity contribution in [3.05, 3.63) is 50.7 Å². The van der Waals surface area contributed by atoms with Crippen LogP contribution in [-0.4, -0.2) is 32.1 Å². The molecule has 0 unspecified atom stereocenters. The van der Waals surface area contributed by atoms with Gasteiger partial charge in [-0.2, -0.15) is 4.68 Å². The monoisotopic (exact) mass is 381 g/mol. The number of benzene rings is 1. The summed E-state index contributed by atoms with van der Waals surface area (Å²) in [5.41, 5.74) is 0.849. The van der Waals surface area contributed by atoms with Crippen LogP contribution in [0.3, 0.4) is 0 Å². The number of hydrogen-bond acceptors (Lipinski definition) is 5. The van der Waals surface area contributed by atoms with Gasteiger partial charge >= 0.3 is 5.95 Å². The van der Waals surface area contributed by atoms with E-state index in [-0.39, 0.29) is 17.9 Å². The van der Waals surface area contributed by atoms with Gasteiger partial charge in [-0.05, 0) is 22.6 Å². The van der Waals surface area contributed by atoms with Crippen LogP contribution in [0.1, 0.15) is 19.4 Å². The number of nitrogens with zero attached hydrogens (tertiary/aromatic N) is 4. The Bertz CT molecular complexity index is 711. The number of carbonyl (C=O) groups excluding carboxylic acids is 1. The number of nitro groups is 1. The molecule has 0 aliphatic carbocycles. The van der Waals surface area contributed by atoms with Crippen LogP contribution in [0.2, 0.25) is 0 Å². The third kappa shape index (κ3) is 4.59. The summed E-state index contributed by atoms with van der Waals surface area (Å²) in [7, 11) is 0. The Morgan fingerprint density at radius 3 is 2.61 bits per heavy atom. The second-order valence-electron chi connectivity index (χ2n) is 5.67. The average molecular weight is 382 g/mol. The van der Waals surface area contributed by atoms with E-state index in [1.807, 2.05) is 38.1 Å². The molecule has 0 saturated heterocycles. The van der Waals surface area contributed by atoms with E-state index in [1.165, 1.54) is 0 Å². The van der Waals surface area contributed by atoms with Gasteiger partial charge in [-0.15, -0.1) is 0 Å². The van der Waals surface area contributed by atoms with Crippen LogP contribution in [0.4, 0.5) is 5.95 Å². The fraction of sp³-hybridized carbons (Fsp3) is 0.357. The highest BCUT2D eigenvalue weighted by Crippen LogP contribution is 2.23. The smallest absolute Gasteiger partial charge is 0.390 e. The van der Waals surface area contributed by atoms with Gasteiger partial charge in [0, 0.05) is 21.5 Å². The Kier molecular flexibility index (Phi) is 5.09. The number of rotatable bonds is 6. The quantitative estimate of drug-likeness (QED) is 0.608. The van der Waals surface area contributed by atoms with Crippen molar-refractivity contribution in [2.45, 2.75) is 25.8 Å². The van der Waals surface area contributed by atoms with E-state index in [9.17, 15) is 14.9 Å². The number of halogens is 1. The van der Waals surface area contributed by atoms with E-state index in [1.54, 1.807) is 0 Å². The Balaban J connectivity index is 1.92. The molecule has 0 aliphatic rings. The van der Waals surface area contributed by atoms with E-state index in [0.717, 1.165) is 21.0 Å². The topological polar surface area (TPSA) is 103 Å². The highest BCUT2D eigenvalue weighted by molar-refractivity contribution is 9.10. The van der Waals surface area contributed by atoms with Crippen LogP contribution in [0.5, 0.6) is 0 Å². The van der Waals surface area contributed by atoms with E-state index in [0.29, 0.717) is 6.54 Å². The first-order valence-corrected chi connectivity index (χ1v) is 7.64. The maximum Gasteiger partial charge on any atom is 0.490 e. The SMILES string of the molecule is CC(C)(CNC(=O)Cn1cnc([N+](=O)[O-])n1)c1ccc(Br)cc1. The highest BCUT2D eigenvalue weighted by atomic mass is 79.9. The maximum absolute atomic E-state index is 11.9. The Morgan fingerprint density at radius 1 is 1.39 bits per heavy atom. The van der Waals surface area contributed by atoms with Crippen molar-refractivity contribution in [3.8, 4) is 0 Å².